The maximum atomic E-state index is 14.1. The van der Waals surface area contributed by atoms with Crippen molar-refractivity contribution in [1.82, 2.24) is 4.90 Å². The number of β-amino-alcohol motifs (C(OH)–C–C–N with tert-alkyl or cyclic N) is 1. The molecule has 2 aromatic carbocycles. The highest BCUT2D eigenvalue weighted by molar-refractivity contribution is 6.06. The quantitative estimate of drug-likeness (QED) is 0.550. The summed E-state index contributed by atoms with van der Waals surface area (Å²) >= 11 is 0. The van der Waals surface area contributed by atoms with Crippen LogP contribution in [0.25, 0.3) is 10.8 Å². The van der Waals surface area contributed by atoms with Gasteiger partial charge in [0.1, 0.15) is 24.2 Å². The summed E-state index contributed by atoms with van der Waals surface area (Å²) < 4.78 is 11.7. The Kier molecular flexibility index (Phi) is 4.82. The van der Waals surface area contributed by atoms with Crippen LogP contribution < -0.4 is 4.90 Å². The number of carbonyl (C=O) groups excluding carboxylic acids is 3. The molecular formula is C26H24N2O6. The van der Waals surface area contributed by atoms with E-state index >= 15 is 0 Å². The SMILES string of the molecule is O=C1OCC=C[C@H]2OC34C=CCN(c5ccc6ccccc6c5)C(=O)[C@H]3N(CCO)C(=O)[C@@H]4[C@@H]12. The Labute approximate surface area is 196 Å². The first-order valence-electron chi connectivity index (χ1n) is 11.5. The normalized spacial score (nSPS) is 32.3. The minimum absolute atomic E-state index is 0.0292. The number of cyclic esters (lactones) is 1. The summed E-state index contributed by atoms with van der Waals surface area (Å²) in [4.78, 5) is 43.5. The molecule has 2 fully saturated rings. The fraction of sp³-hybridized carbons (Fsp3) is 0.346. The van der Waals surface area contributed by atoms with E-state index in [2.05, 4.69) is 0 Å². The molecular weight excluding hydrogens is 436 g/mol. The monoisotopic (exact) mass is 460 g/mol. The van der Waals surface area contributed by atoms with Gasteiger partial charge in [-0.15, -0.1) is 0 Å². The third kappa shape index (κ3) is 2.88. The highest BCUT2D eigenvalue weighted by atomic mass is 16.6. The first kappa shape index (κ1) is 21.1. The molecule has 1 spiro atoms. The molecule has 4 aliphatic heterocycles. The van der Waals surface area contributed by atoms with Crippen LogP contribution in [0, 0.1) is 11.8 Å². The maximum absolute atomic E-state index is 14.1. The number of aliphatic hydroxyl groups excluding tert-OH is 1. The zero-order chi connectivity index (χ0) is 23.4. The Morgan fingerprint density at radius 2 is 1.85 bits per heavy atom. The van der Waals surface area contributed by atoms with Crippen molar-refractivity contribution in [2.75, 3.05) is 31.2 Å². The molecule has 174 valence electrons. The largest absolute Gasteiger partial charge is 0.461 e. The lowest BCUT2D eigenvalue weighted by Crippen LogP contribution is -2.55. The summed E-state index contributed by atoms with van der Waals surface area (Å²) in [6, 6.07) is 12.7. The minimum atomic E-state index is -1.31. The number of rotatable bonds is 3. The topological polar surface area (TPSA) is 96.4 Å². The molecule has 0 aromatic heterocycles. The number of esters is 1. The molecule has 0 aliphatic carbocycles. The van der Waals surface area contributed by atoms with Crippen LogP contribution in [0.1, 0.15) is 0 Å². The van der Waals surface area contributed by atoms with Gasteiger partial charge in [-0.1, -0.05) is 48.6 Å². The van der Waals surface area contributed by atoms with E-state index in [0.717, 1.165) is 10.8 Å². The molecule has 4 heterocycles. The fourth-order valence-corrected chi connectivity index (χ4v) is 5.89. The molecule has 1 N–H and O–H groups in total. The molecule has 4 aliphatic rings. The number of aliphatic hydroxyl groups is 1. The maximum Gasteiger partial charge on any atom is 0.313 e. The smallest absolute Gasteiger partial charge is 0.313 e. The molecule has 0 radical (unpaired) electrons. The van der Waals surface area contributed by atoms with Crippen molar-refractivity contribution >= 4 is 34.2 Å². The standard InChI is InChI=1S/C26H24N2O6/c29-13-12-28-22-24(31)27(18-9-8-16-5-1-2-6-17(16)15-18)11-4-10-26(22)21(23(28)30)20-19(34-26)7-3-14-33-25(20)32/h1-10,15,19-22,29H,11-14H2/t19-,20+,21+,22-,26?/m1/s1. The molecule has 8 nitrogen and oxygen atoms in total. The molecule has 5 atom stereocenters. The van der Waals surface area contributed by atoms with Crippen LogP contribution in [0.5, 0.6) is 0 Å². The van der Waals surface area contributed by atoms with E-state index < -0.39 is 35.6 Å². The first-order valence-corrected chi connectivity index (χ1v) is 11.5. The average Bonchev–Trinajstić information content (AvgIpc) is 3.13. The second kappa shape index (κ2) is 7.78. The third-order valence-corrected chi connectivity index (χ3v) is 7.30. The van der Waals surface area contributed by atoms with Crippen molar-refractivity contribution in [3.8, 4) is 0 Å². The van der Waals surface area contributed by atoms with Crippen LogP contribution >= 0.6 is 0 Å². The second-order valence-corrected chi connectivity index (χ2v) is 9.04. The number of nitrogens with zero attached hydrogens (tertiary/aromatic N) is 2. The molecule has 0 saturated carbocycles. The van der Waals surface area contributed by atoms with Gasteiger partial charge < -0.3 is 24.4 Å². The Hall–Kier alpha value is -3.49. The number of ether oxygens (including phenoxy) is 2. The van der Waals surface area contributed by atoms with E-state index in [1.807, 2.05) is 48.5 Å². The van der Waals surface area contributed by atoms with Crippen molar-refractivity contribution in [2.45, 2.75) is 17.7 Å². The van der Waals surface area contributed by atoms with Gasteiger partial charge >= 0.3 is 5.97 Å². The first-order chi connectivity index (χ1) is 16.5. The van der Waals surface area contributed by atoms with Gasteiger partial charge in [0, 0.05) is 18.8 Å². The Balaban J connectivity index is 1.45. The molecule has 2 saturated heterocycles. The van der Waals surface area contributed by atoms with Gasteiger partial charge in [0.05, 0.1) is 18.6 Å². The number of likely N-dealkylation sites (tertiary alicyclic amines) is 1. The molecule has 34 heavy (non-hydrogen) atoms. The lowest BCUT2D eigenvalue weighted by atomic mass is 9.78. The molecule has 1 unspecified atom stereocenters. The fourth-order valence-electron chi connectivity index (χ4n) is 5.89. The van der Waals surface area contributed by atoms with Crippen LogP contribution in [0.4, 0.5) is 5.69 Å². The van der Waals surface area contributed by atoms with Gasteiger partial charge in [0.15, 0.2) is 0 Å². The lowest BCUT2D eigenvalue weighted by Gasteiger charge is -2.35. The summed E-state index contributed by atoms with van der Waals surface area (Å²) in [5, 5.41) is 11.8. The van der Waals surface area contributed by atoms with E-state index in [9.17, 15) is 19.5 Å². The van der Waals surface area contributed by atoms with Crippen LogP contribution in [0.15, 0.2) is 66.8 Å². The lowest BCUT2D eigenvalue weighted by molar-refractivity contribution is -0.152. The molecule has 0 bridgehead atoms. The summed E-state index contributed by atoms with van der Waals surface area (Å²) in [6.45, 7) is 0.0780. The van der Waals surface area contributed by atoms with Gasteiger partial charge in [-0.05, 0) is 29.0 Å². The Morgan fingerprint density at radius 3 is 2.68 bits per heavy atom. The van der Waals surface area contributed by atoms with Gasteiger partial charge in [-0.2, -0.15) is 0 Å². The Morgan fingerprint density at radius 1 is 1.03 bits per heavy atom. The van der Waals surface area contributed by atoms with Crippen LogP contribution in [-0.4, -0.2) is 71.8 Å². The predicted molar refractivity (Wildman–Crippen MR) is 123 cm³/mol. The van der Waals surface area contributed by atoms with E-state index in [0.29, 0.717) is 12.2 Å². The molecule has 6 rings (SSSR count). The predicted octanol–water partition coefficient (Wildman–Crippen LogP) is 1.43. The van der Waals surface area contributed by atoms with E-state index in [-0.39, 0.29) is 31.6 Å². The van der Waals surface area contributed by atoms with Crippen LogP contribution in [0.3, 0.4) is 0 Å². The number of hydrogen-bond acceptors (Lipinski definition) is 6. The summed E-state index contributed by atoms with van der Waals surface area (Å²) in [5.41, 5.74) is -0.609. The van der Waals surface area contributed by atoms with Gasteiger partial charge in [0.25, 0.3) is 5.91 Å². The summed E-state index contributed by atoms with van der Waals surface area (Å²) in [6.07, 6.45) is 6.39. The van der Waals surface area contributed by atoms with Gasteiger partial charge in [0.2, 0.25) is 5.91 Å². The number of fused-ring (bicyclic) bond motifs is 3. The van der Waals surface area contributed by atoms with Crippen molar-refractivity contribution < 1.29 is 29.0 Å². The summed E-state index contributed by atoms with van der Waals surface area (Å²) in [5.74, 6) is -2.94. The van der Waals surface area contributed by atoms with E-state index in [1.54, 1.807) is 23.1 Å². The highest BCUT2D eigenvalue weighted by Crippen LogP contribution is 2.53. The molecule has 2 aromatic rings. The average molecular weight is 460 g/mol. The zero-order valence-electron chi connectivity index (χ0n) is 18.4. The summed E-state index contributed by atoms with van der Waals surface area (Å²) in [7, 11) is 0. The van der Waals surface area contributed by atoms with Crippen LogP contribution in [-0.2, 0) is 23.9 Å². The third-order valence-electron chi connectivity index (χ3n) is 7.30. The number of carbonyl (C=O) groups is 3. The van der Waals surface area contributed by atoms with Crippen molar-refractivity contribution in [2.24, 2.45) is 11.8 Å². The molecule has 2 amide bonds. The molecule has 8 heteroatoms. The number of hydrogen-bond donors (Lipinski definition) is 1. The van der Waals surface area contributed by atoms with Crippen molar-refractivity contribution in [1.29, 1.82) is 0 Å². The van der Waals surface area contributed by atoms with Gasteiger partial charge in [-0.3, -0.25) is 14.4 Å². The van der Waals surface area contributed by atoms with Crippen LogP contribution in [0.2, 0.25) is 0 Å². The minimum Gasteiger partial charge on any atom is -0.461 e. The number of amides is 2. The van der Waals surface area contributed by atoms with Gasteiger partial charge in [-0.25, -0.2) is 0 Å². The zero-order valence-corrected chi connectivity index (χ0v) is 18.4. The number of anilines is 1. The van der Waals surface area contributed by atoms with Crippen molar-refractivity contribution in [3.05, 3.63) is 66.8 Å². The Bertz CT molecular complexity index is 1250. The van der Waals surface area contributed by atoms with E-state index in [4.69, 9.17) is 9.47 Å². The second-order valence-electron chi connectivity index (χ2n) is 9.04. The highest BCUT2D eigenvalue weighted by Gasteiger charge is 2.71. The number of benzene rings is 2. The van der Waals surface area contributed by atoms with E-state index in [1.165, 1.54) is 4.90 Å². The van der Waals surface area contributed by atoms with Crippen molar-refractivity contribution in [3.63, 3.8) is 0 Å².